The molecule has 10 aromatic rings. The Balaban J connectivity index is 1.07. The number of hydrogen-bond donors (Lipinski definition) is 0. The molecule has 14 rings (SSSR count). The highest BCUT2D eigenvalue weighted by atomic mass is 16.5. The van der Waals surface area contributed by atoms with Crippen LogP contribution in [0.15, 0.2) is 231 Å². The van der Waals surface area contributed by atoms with Crippen molar-refractivity contribution in [3.63, 3.8) is 0 Å². The highest BCUT2D eigenvalue weighted by Gasteiger charge is 2.48. The lowest BCUT2D eigenvalue weighted by Crippen LogP contribution is -2.64. The summed E-state index contributed by atoms with van der Waals surface area (Å²) in [6.45, 7) is 13.7. The van der Waals surface area contributed by atoms with Gasteiger partial charge in [-0.2, -0.15) is 0 Å². The van der Waals surface area contributed by atoms with Crippen LogP contribution in [0.4, 0.5) is 68.2 Å². The van der Waals surface area contributed by atoms with Gasteiger partial charge in [-0.25, -0.2) is 0 Å². The maximum atomic E-state index is 7.49. The summed E-state index contributed by atoms with van der Waals surface area (Å²) >= 11 is 0. The van der Waals surface area contributed by atoms with E-state index in [1.54, 1.807) is 0 Å². The van der Waals surface area contributed by atoms with E-state index in [4.69, 9.17) is 4.74 Å². The van der Waals surface area contributed by atoms with Crippen LogP contribution in [0.25, 0.3) is 0 Å². The first-order valence-electron chi connectivity index (χ1n) is 26.4. The van der Waals surface area contributed by atoms with Crippen LogP contribution < -0.4 is 57.1 Å². The fourth-order valence-electron chi connectivity index (χ4n) is 12.3. The van der Waals surface area contributed by atoms with Gasteiger partial charge in [0.15, 0.2) is 0 Å². The van der Waals surface area contributed by atoms with E-state index in [0.717, 1.165) is 57.0 Å². The highest BCUT2D eigenvalue weighted by Crippen LogP contribution is 2.50. The maximum Gasteiger partial charge on any atom is 0.256 e. The molecular weight excluding hydrogens is 910 g/mol. The van der Waals surface area contributed by atoms with Crippen molar-refractivity contribution >= 4 is 114 Å². The van der Waals surface area contributed by atoms with Crippen LogP contribution in [-0.4, -0.2) is 13.4 Å². The third-order valence-electron chi connectivity index (χ3n) is 15.9. The van der Waals surface area contributed by atoms with Crippen LogP contribution in [0.5, 0.6) is 11.5 Å². The molecule has 75 heavy (non-hydrogen) atoms. The average Bonchev–Trinajstić information content (AvgIpc) is 3.43. The number of anilines is 12. The molecule has 5 nitrogen and oxygen atoms in total. The third kappa shape index (κ3) is 7.16. The molecule has 0 spiro atoms. The second kappa shape index (κ2) is 16.9. The summed E-state index contributed by atoms with van der Waals surface area (Å²) in [6, 6.07) is 85.1. The Morgan fingerprint density at radius 2 is 0.747 bits per heavy atom. The van der Waals surface area contributed by atoms with Crippen LogP contribution in [0, 0.1) is 0 Å². The fraction of sp³-hybridized carbons (Fsp3) is 0.118. The molecule has 0 N–H and O–H groups in total. The minimum Gasteiger partial charge on any atom is -0.458 e. The second-order valence-corrected chi connectivity index (χ2v) is 22.6. The lowest BCUT2D eigenvalue weighted by Gasteiger charge is -2.46. The van der Waals surface area contributed by atoms with Crippen LogP contribution in [0.1, 0.15) is 52.7 Å². The first-order valence-corrected chi connectivity index (χ1v) is 26.4. The molecule has 4 aliphatic heterocycles. The van der Waals surface area contributed by atoms with Crippen molar-refractivity contribution in [1.82, 2.24) is 0 Å². The predicted octanol–water partition coefficient (Wildman–Crippen LogP) is 14.2. The molecule has 0 radical (unpaired) electrons. The fourth-order valence-corrected chi connectivity index (χ4v) is 12.3. The molecule has 0 unspecified atom stereocenters. The summed E-state index contributed by atoms with van der Waals surface area (Å²) < 4.78 is 7.49. The molecule has 0 saturated carbocycles. The minimum atomic E-state index is -0.168. The second-order valence-electron chi connectivity index (χ2n) is 22.6. The van der Waals surface area contributed by atoms with E-state index in [1.165, 1.54) is 66.7 Å². The maximum absolute atomic E-state index is 7.49. The van der Waals surface area contributed by atoms with E-state index in [0.29, 0.717) is 0 Å². The zero-order valence-electron chi connectivity index (χ0n) is 43.3. The first-order chi connectivity index (χ1) is 36.5. The standard InChI is InChI=1S/C68H56B2N4O/c1-67(2,3)45-38-60-65-61(39-45)74(51-32-20-11-21-33-51)59-44-63-56(70-53-34-22-23-35-57(53)72(49-28-16-9-17-29-49)62-40-46(68(4,5)6)41-64(75-63)66(62)70)43-55(59)69(65)54-37-36-52(42-58(54)73(60)50-30-18-10-19-31-50)71(47-24-12-7-13-25-47)48-26-14-8-15-27-48/h7-44H,1-6H3. The smallest absolute Gasteiger partial charge is 0.256 e. The molecular formula is C68H56B2N4O. The predicted molar refractivity (Wildman–Crippen MR) is 318 cm³/mol. The zero-order valence-corrected chi connectivity index (χ0v) is 43.3. The lowest BCUT2D eigenvalue weighted by atomic mass is 9.30. The van der Waals surface area contributed by atoms with Gasteiger partial charge in [0, 0.05) is 74.3 Å². The van der Waals surface area contributed by atoms with Crippen LogP contribution in [0.3, 0.4) is 0 Å². The molecule has 0 amide bonds. The van der Waals surface area contributed by atoms with E-state index < -0.39 is 0 Å². The number of hydrogen-bond acceptors (Lipinski definition) is 5. The molecule has 0 atom stereocenters. The largest absolute Gasteiger partial charge is 0.458 e. The topological polar surface area (TPSA) is 22.2 Å². The van der Waals surface area contributed by atoms with E-state index in [2.05, 4.69) is 292 Å². The van der Waals surface area contributed by atoms with Crippen molar-refractivity contribution in [1.29, 1.82) is 0 Å². The molecule has 360 valence electrons. The Labute approximate surface area is 442 Å². The SMILES string of the molecule is CC(C)(C)c1cc2c3c(c1)N(c1ccccc1)c1ccccc1B3c1cc3c(cc1O2)N(c1ccccc1)c1cc(C(C)(C)C)cc2c1B3c1ccc(N(c3ccccc3)c3ccccc3)cc1N2c1ccccc1. The number of nitrogens with zero attached hydrogens (tertiary/aromatic N) is 4. The number of ether oxygens (including phenoxy) is 1. The van der Waals surface area contributed by atoms with Gasteiger partial charge in [-0.15, -0.1) is 0 Å². The Morgan fingerprint density at radius 1 is 0.320 bits per heavy atom. The van der Waals surface area contributed by atoms with Crippen LogP contribution in [-0.2, 0) is 10.8 Å². The normalized spacial score (nSPS) is 13.7. The van der Waals surface area contributed by atoms with E-state index >= 15 is 0 Å². The summed E-state index contributed by atoms with van der Waals surface area (Å²) in [6.07, 6.45) is 0. The molecule has 0 aliphatic carbocycles. The zero-order chi connectivity index (χ0) is 50.7. The van der Waals surface area contributed by atoms with Crippen LogP contribution >= 0.6 is 0 Å². The molecule has 0 saturated heterocycles. The van der Waals surface area contributed by atoms with Gasteiger partial charge in [0.2, 0.25) is 0 Å². The summed E-state index contributed by atoms with van der Waals surface area (Å²) in [5.74, 6) is 1.81. The Bertz CT molecular complexity index is 3820. The number of fused-ring (bicyclic) bond motifs is 8. The molecule has 0 fully saturated rings. The Kier molecular flexibility index (Phi) is 10.2. The molecule has 10 aromatic carbocycles. The summed E-state index contributed by atoms with van der Waals surface area (Å²) in [7, 11) is 0. The molecule has 7 heteroatoms. The highest BCUT2D eigenvalue weighted by molar-refractivity contribution is 7.02. The van der Waals surface area contributed by atoms with Gasteiger partial charge in [0.05, 0.1) is 0 Å². The van der Waals surface area contributed by atoms with Crippen molar-refractivity contribution in [2.24, 2.45) is 0 Å². The van der Waals surface area contributed by atoms with Gasteiger partial charge < -0.3 is 24.3 Å². The third-order valence-corrected chi connectivity index (χ3v) is 15.9. The quantitative estimate of drug-likeness (QED) is 0.154. The van der Waals surface area contributed by atoms with Crippen molar-refractivity contribution in [3.8, 4) is 11.5 Å². The molecule has 4 heterocycles. The van der Waals surface area contributed by atoms with Gasteiger partial charge in [-0.1, -0.05) is 163 Å². The summed E-state index contributed by atoms with van der Waals surface area (Å²) in [5, 5.41) is 0. The van der Waals surface area contributed by atoms with Gasteiger partial charge in [0.25, 0.3) is 13.4 Å². The molecule has 0 bridgehead atoms. The number of para-hydroxylation sites is 6. The van der Waals surface area contributed by atoms with Crippen molar-refractivity contribution in [3.05, 3.63) is 242 Å². The van der Waals surface area contributed by atoms with Crippen molar-refractivity contribution < 1.29 is 4.74 Å². The number of benzene rings is 10. The minimum absolute atomic E-state index is 0.0832. The van der Waals surface area contributed by atoms with Crippen molar-refractivity contribution in [2.75, 3.05) is 19.6 Å². The van der Waals surface area contributed by atoms with Gasteiger partial charge in [-0.3, -0.25) is 0 Å². The van der Waals surface area contributed by atoms with Crippen molar-refractivity contribution in [2.45, 2.75) is 52.4 Å². The average molecular weight is 967 g/mol. The Hall–Kier alpha value is -8.67. The summed E-state index contributed by atoms with van der Waals surface area (Å²) in [4.78, 5) is 9.91. The van der Waals surface area contributed by atoms with E-state index in [-0.39, 0.29) is 24.3 Å². The molecule has 4 aliphatic rings. The molecule has 0 aromatic heterocycles. The lowest BCUT2D eigenvalue weighted by molar-refractivity contribution is 0.483. The van der Waals surface area contributed by atoms with Crippen LogP contribution in [0.2, 0.25) is 0 Å². The van der Waals surface area contributed by atoms with E-state index in [9.17, 15) is 0 Å². The Morgan fingerprint density at radius 3 is 1.28 bits per heavy atom. The van der Waals surface area contributed by atoms with E-state index in [1.807, 2.05) is 0 Å². The summed E-state index contributed by atoms with van der Waals surface area (Å²) in [5.41, 5.74) is 23.3. The van der Waals surface area contributed by atoms with Gasteiger partial charge in [0.1, 0.15) is 11.5 Å². The number of rotatable bonds is 6. The van der Waals surface area contributed by atoms with Gasteiger partial charge in [-0.05, 0) is 158 Å². The monoisotopic (exact) mass is 966 g/mol. The first kappa shape index (κ1) is 45.0. The van der Waals surface area contributed by atoms with Gasteiger partial charge >= 0.3 is 0 Å².